The van der Waals surface area contributed by atoms with E-state index >= 15 is 0 Å². The Morgan fingerprint density at radius 1 is 0.914 bits per heavy atom. The van der Waals surface area contributed by atoms with Crippen LogP contribution in [0.4, 0.5) is 10.1 Å². The summed E-state index contributed by atoms with van der Waals surface area (Å²) in [6.45, 7) is 2.68. The average molecular weight is 477 g/mol. The lowest BCUT2D eigenvalue weighted by Crippen LogP contribution is -2.36. The number of fused-ring (bicyclic) bond motifs is 1. The van der Waals surface area contributed by atoms with E-state index in [0.717, 1.165) is 16.0 Å². The third kappa shape index (κ3) is 4.15. The summed E-state index contributed by atoms with van der Waals surface area (Å²) in [6, 6.07) is 20.4. The first kappa shape index (κ1) is 23.0. The molecule has 0 bridgehead atoms. The Bertz CT molecular complexity index is 1250. The van der Waals surface area contributed by atoms with E-state index in [4.69, 9.17) is 14.3 Å². The lowest BCUT2D eigenvalue weighted by molar-refractivity contribution is -0.160. The van der Waals surface area contributed by atoms with Gasteiger partial charge in [0.2, 0.25) is 5.91 Å². The van der Waals surface area contributed by atoms with Crippen LogP contribution in [0.1, 0.15) is 24.1 Å². The van der Waals surface area contributed by atoms with Crippen LogP contribution in [0.25, 0.3) is 0 Å². The molecular formula is C27H25FN2O5. The number of ether oxygens (including phenoxy) is 2. The molecule has 0 N–H and O–H groups in total. The molecule has 2 amide bonds. The summed E-state index contributed by atoms with van der Waals surface area (Å²) in [5.74, 6) is -1.44. The number of hydroxylamine groups is 2. The number of hydrogen-bond acceptors (Lipinski definition) is 6. The summed E-state index contributed by atoms with van der Waals surface area (Å²) < 4.78 is 26.2. The van der Waals surface area contributed by atoms with Crippen LogP contribution in [-0.4, -0.2) is 36.6 Å². The smallest absolute Gasteiger partial charge is 0.266 e. The maximum Gasteiger partial charge on any atom is 0.266 e. The van der Waals surface area contributed by atoms with Crippen molar-refractivity contribution in [1.82, 2.24) is 5.06 Å². The Hall–Kier alpha value is -3.75. The van der Waals surface area contributed by atoms with Gasteiger partial charge >= 0.3 is 0 Å². The van der Waals surface area contributed by atoms with Gasteiger partial charge in [-0.3, -0.25) is 14.4 Å². The standard InChI is InChI=1S/C27H25FN2O5/c1-3-33-22-15-18(13-14-21(22)34-16-17-9-5-4-6-10-17)24-23-25(35-29(24)2)27(32)30(26(23)31)20-12-8-7-11-19(20)28/h4-15,23-25H,3,16H2,1-2H3/t23-,24-,25+/m1/s1. The number of halogens is 1. The van der Waals surface area contributed by atoms with Gasteiger partial charge in [-0.1, -0.05) is 48.5 Å². The van der Waals surface area contributed by atoms with Crippen molar-refractivity contribution in [3.8, 4) is 11.5 Å². The molecule has 3 atom stereocenters. The fourth-order valence-corrected chi connectivity index (χ4v) is 4.67. The van der Waals surface area contributed by atoms with Crippen molar-refractivity contribution in [3.63, 3.8) is 0 Å². The molecule has 0 unspecified atom stereocenters. The molecule has 3 aromatic carbocycles. The number of amides is 2. The molecule has 2 fully saturated rings. The van der Waals surface area contributed by atoms with Gasteiger partial charge < -0.3 is 9.47 Å². The highest BCUT2D eigenvalue weighted by Crippen LogP contribution is 2.46. The Kier molecular flexibility index (Phi) is 6.23. The van der Waals surface area contributed by atoms with Crippen molar-refractivity contribution in [2.45, 2.75) is 25.7 Å². The molecule has 2 heterocycles. The molecule has 3 aromatic rings. The number of anilines is 1. The van der Waals surface area contributed by atoms with Gasteiger partial charge in [-0.15, -0.1) is 0 Å². The average Bonchev–Trinajstić information content (AvgIpc) is 3.32. The van der Waals surface area contributed by atoms with Gasteiger partial charge in [-0.25, -0.2) is 9.29 Å². The van der Waals surface area contributed by atoms with Gasteiger partial charge in [0.1, 0.15) is 12.4 Å². The van der Waals surface area contributed by atoms with Crippen molar-refractivity contribution in [1.29, 1.82) is 0 Å². The lowest BCUT2D eigenvalue weighted by atomic mass is 9.91. The van der Waals surface area contributed by atoms with E-state index in [1.165, 1.54) is 23.3 Å². The van der Waals surface area contributed by atoms with Crippen molar-refractivity contribution in [2.75, 3.05) is 18.6 Å². The molecule has 0 saturated carbocycles. The van der Waals surface area contributed by atoms with Gasteiger partial charge in [-0.05, 0) is 42.3 Å². The van der Waals surface area contributed by atoms with Crippen LogP contribution in [-0.2, 0) is 21.0 Å². The van der Waals surface area contributed by atoms with E-state index in [0.29, 0.717) is 24.7 Å². The highest BCUT2D eigenvalue weighted by atomic mass is 19.1. The zero-order valence-corrected chi connectivity index (χ0v) is 19.4. The van der Waals surface area contributed by atoms with Crippen LogP contribution in [0.3, 0.4) is 0 Å². The van der Waals surface area contributed by atoms with Gasteiger partial charge in [0, 0.05) is 7.05 Å². The predicted octanol–water partition coefficient (Wildman–Crippen LogP) is 4.28. The minimum atomic E-state index is -1.03. The minimum Gasteiger partial charge on any atom is -0.490 e. The maximum atomic E-state index is 14.4. The molecule has 2 saturated heterocycles. The van der Waals surface area contributed by atoms with E-state index in [9.17, 15) is 14.0 Å². The van der Waals surface area contributed by atoms with Crippen LogP contribution >= 0.6 is 0 Å². The number of hydrogen-bond donors (Lipinski definition) is 0. The molecule has 35 heavy (non-hydrogen) atoms. The van der Waals surface area contributed by atoms with E-state index in [2.05, 4.69) is 0 Å². The summed E-state index contributed by atoms with van der Waals surface area (Å²) in [6.07, 6.45) is -1.03. The first-order valence-electron chi connectivity index (χ1n) is 11.4. The second-order valence-electron chi connectivity index (χ2n) is 8.42. The van der Waals surface area contributed by atoms with Gasteiger partial charge in [0.25, 0.3) is 5.91 Å². The summed E-state index contributed by atoms with van der Waals surface area (Å²) >= 11 is 0. The number of imide groups is 1. The van der Waals surface area contributed by atoms with Crippen molar-refractivity contribution in [3.05, 3.63) is 89.7 Å². The fourth-order valence-electron chi connectivity index (χ4n) is 4.67. The summed E-state index contributed by atoms with van der Waals surface area (Å²) in [7, 11) is 1.68. The first-order valence-corrected chi connectivity index (χ1v) is 11.4. The van der Waals surface area contributed by atoms with Crippen molar-refractivity contribution < 1.29 is 28.3 Å². The molecule has 7 nitrogen and oxygen atoms in total. The number of para-hydroxylation sites is 1. The highest BCUT2D eigenvalue weighted by molar-refractivity contribution is 6.23. The number of nitrogens with zero attached hydrogens (tertiary/aromatic N) is 2. The highest BCUT2D eigenvalue weighted by Gasteiger charge is 2.59. The van der Waals surface area contributed by atoms with Crippen molar-refractivity contribution in [2.24, 2.45) is 5.92 Å². The lowest BCUT2D eigenvalue weighted by Gasteiger charge is -2.25. The first-order chi connectivity index (χ1) is 17.0. The summed E-state index contributed by atoms with van der Waals surface area (Å²) in [5, 5.41) is 1.51. The molecule has 0 aromatic heterocycles. The fraction of sp³-hybridized carbons (Fsp3) is 0.259. The Morgan fingerprint density at radius 3 is 2.40 bits per heavy atom. The zero-order chi connectivity index (χ0) is 24.5. The predicted molar refractivity (Wildman–Crippen MR) is 126 cm³/mol. The van der Waals surface area contributed by atoms with E-state index in [-0.39, 0.29) is 5.69 Å². The largest absolute Gasteiger partial charge is 0.490 e. The molecule has 180 valence electrons. The van der Waals surface area contributed by atoms with Gasteiger partial charge in [0.05, 0.1) is 24.3 Å². The topological polar surface area (TPSA) is 68.3 Å². The Balaban J connectivity index is 1.44. The van der Waals surface area contributed by atoms with E-state index < -0.39 is 35.7 Å². The van der Waals surface area contributed by atoms with E-state index in [1.54, 1.807) is 25.2 Å². The molecule has 2 aliphatic rings. The Labute approximate surface area is 202 Å². The maximum absolute atomic E-state index is 14.4. The summed E-state index contributed by atoms with van der Waals surface area (Å²) in [5.41, 5.74) is 1.68. The number of benzene rings is 3. The molecule has 5 rings (SSSR count). The van der Waals surface area contributed by atoms with Gasteiger partial charge in [0.15, 0.2) is 17.6 Å². The second-order valence-corrected chi connectivity index (χ2v) is 8.42. The number of carbonyl (C=O) groups is 2. The van der Waals surface area contributed by atoms with Gasteiger partial charge in [-0.2, -0.15) is 5.06 Å². The number of carbonyl (C=O) groups excluding carboxylic acids is 2. The van der Waals surface area contributed by atoms with Crippen LogP contribution in [0, 0.1) is 11.7 Å². The third-order valence-electron chi connectivity index (χ3n) is 6.25. The monoisotopic (exact) mass is 476 g/mol. The van der Waals surface area contributed by atoms with Crippen LogP contribution in [0.15, 0.2) is 72.8 Å². The SMILES string of the molecule is CCOc1cc([C@@H]2[C@H]3C(=O)N(c4ccccc4F)C(=O)[C@H]3ON2C)ccc1OCc1ccccc1. The van der Waals surface area contributed by atoms with E-state index in [1.807, 2.05) is 43.3 Å². The minimum absolute atomic E-state index is 0.0680. The molecule has 2 aliphatic heterocycles. The molecular weight excluding hydrogens is 451 g/mol. The molecule has 0 spiro atoms. The Morgan fingerprint density at radius 2 is 1.66 bits per heavy atom. The molecule has 0 aliphatic carbocycles. The number of rotatable bonds is 7. The quantitative estimate of drug-likeness (QED) is 0.474. The third-order valence-corrected chi connectivity index (χ3v) is 6.25. The second kappa shape index (κ2) is 9.48. The van der Waals surface area contributed by atoms with Crippen LogP contribution in [0.2, 0.25) is 0 Å². The zero-order valence-electron chi connectivity index (χ0n) is 19.4. The van der Waals surface area contributed by atoms with Crippen molar-refractivity contribution >= 4 is 17.5 Å². The molecule has 8 heteroatoms. The summed E-state index contributed by atoms with van der Waals surface area (Å²) in [4.78, 5) is 33.1. The van der Waals surface area contributed by atoms with Crippen LogP contribution < -0.4 is 14.4 Å². The normalized spacial score (nSPS) is 21.9. The van der Waals surface area contributed by atoms with Crippen LogP contribution in [0.5, 0.6) is 11.5 Å². The molecule has 0 radical (unpaired) electrons.